The summed E-state index contributed by atoms with van der Waals surface area (Å²) < 4.78 is 18.5. The molecule has 2 N–H and O–H groups in total. The summed E-state index contributed by atoms with van der Waals surface area (Å²) in [5.74, 6) is -0.116. The Labute approximate surface area is 90.2 Å². The number of hydrogen-bond acceptors (Lipinski definition) is 2. The quantitative estimate of drug-likeness (QED) is 0.816. The van der Waals surface area contributed by atoms with Crippen LogP contribution in [0.3, 0.4) is 0 Å². The molecule has 2 nitrogen and oxygen atoms in total. The van der Waals surface area contributed by atoms with Gasteiger partial charge < -0.3 is 10.5 Å². The van der Waals surface area contributed by atoms with E-state index in [-0.39, 0.29) is 23.0 Å². The summed E-state index contributed by atoms with van der Waals surface area (Å²) >= 11 is 0. The number of nitrogens with two attached hydrogens (primary N) is 1. The zero-order valence-electron chi connectivity index (χ0n) is 9.67. The average Bonchev–Trinajstić information content (AvgIpc) is 2.14. The van der Waals surface area contributed by atoms with E-state index in [9.17, 15) is 4.39 Å². The summed E-state index contributed by atoms with van der Waals surface area (Å²) in [4.78, 5) is 0. The molecule has 0 aliphatic rings. The van der Waals surface area contributed by atoms with Crippen LogP contribution in [0.5, 0.6) is 5.75 Å². The maximum Gasteiger partial charge on any atom is 0.165 e. The van der Waals surface area contributed by atoms with Gasteiger partial charge in [-0.25, -0.2) is 4.39 Å². The molecular formula is C12H18FNO. The van der Waals surface area contributed by atoms with Gasteiger partial charge in [-0.2, -0.15) is 0 Å². The molecule has 3 heteroatoms. The van der Waals surface area contributed by atoms with Crippen molar-refractivity contribution in [1.29, 1.82) is 0 Å². The number of para-hydroxylation sites is 1. The Hall–Kier alpha value is -1.09. The standard InChI is InChI=1S/C12H18FNO/c1-12(2,3)11(14)8-6-5-7-9(13)10(8)15-4/h5-7,11H,14H2,1-4H3/t11-/m1/s1. The highest BCUT2D eigenvalue weighted by Gasteiger charge is 2.26. The van der Waals surface area contributed by atoms with Crippen molar-refractivity contribution >= 4 is 0 Å². The lowest BCUT2D eigenvalue weighted by molar-refractivity contribution is 0.308. The normalized spacial score (nSPS) is 13.7. The zero-order valence-corrected chi connectivity index (χ0v) is 9.67. The number of methoxy groups -OCH3 is 1. The van der Waals surface area contributed by atoms with Crippen LogP contribution in [-0.4, -0.2) is 7.11 Å². The Bertz CT molecular complexity index is 344. The van der Waals surface area contributed by atoms with E-state index < -0.39 is 0 Å². The van der Waals surface area contributed by atoms with Gasteiger partial charge in [0, 0.05) is 11.6 Å². The van der Waals surface area contributed by atoms with E-state index >= 15 is 0 Å². The first-order valence-electron chi connectivity index (χ1n) is 4.96. The molecule has 1 rings (SSSR count). The van der Waals surface area contributed by atoms with Gasteiger partial charge in [-0.3, -0.25) is 0 Å². The number of hydrogen-bond donors (Lipinski definition) is 1. The molecule has 0 spiro atoms. The fourth-order valence-corrected chi connectivity index (χ4v) is 1.45. The number of ether oxygens (including phenoxy) is 1. The molecule has 1 atom stereocenters. The fraction of sp³-hybridized carbons (Fsp3) is 0.500. The first-order valence-corrected chi connectivity index (χ1v) is 4.96. The third-order valence-corrected chi connectivity index (χ3v) is 2.47. The second kappa shape index (κ2) is 4.19. The third-order valence-electron chi connectivity index (χ3n) is 2.47. The minimum absolute atomic E-state index is 0.124. The van der Waals surface area contributed by atoms with Gasteiger partial charge in [-0.1, -0.05) is 32.9 Å². The van der Waals surface area contributed by atoms with Crippen molar-refractivity contribution < 1.29 is 9.13 Å². The van der Waals surface area contributed by atoms with Crippen LogP contribution in [0.4, 0.5) is 4.39 Å². The highest BCUT2D eigenvalue weighted by molar-refractivity contribution is 5.38. The molecule has 84 valence electrons. The predicted octanol–water partition coefficient (Wildman–Crippen LogP) is 2.88. The molecule has 0 bridgehead atoms. The van der Waals surface area contributed by atoms with Gasteiger partial charge in [0.2, 0.25) is 0 Å². The van der Waals surface area contributed by atoms with Crippen molar-refractivity contribution in [3.63, 3.8) is 0 Å². The third kappa shape index (κ3) is 2.48. The van der Waals surface area contributed by atoms with E-state index in [0.717, 1.165) is 0 Å². The Balaban J connectivity index is 3.20. The second-order valence-electron chi connectivity index (χ2n) is 4.71. The molecule has 1 aromatic rings. The van der Waals surface area contributed by atoms with Gasteiger partial charge in [-0.15, -0.1) is 0 Å². The Morgan fingerprint density at radius 1 is 1.33 bits per heavy atom. The Kier molecular flexibility index (Phi) is 3.35. The van der Waals surface area contributed by atoms with Crippen molar-refractivity contribution in [2.24, 2.45) is 11.1 Å². The zero-order chi connectivity index (χ0) is 11.6. The van der Waals surface area contributed by atoms with Crippen LogP contribution < -0.4 is 10.5 Å². The van der Waals surface area contributed by atoms with E-state index in [4.69, 9.17) is 10.5 Å². The lowest BCUT2D eigenvalue weighted by Crippen LogP contribution is -2.26. The van der Waals surface area contributed by atoms with E-state index in [1.165, 1.54) is 13.2 Å². The maximum absolute atomic E-state index is 13.4. The lowest BCUT2D eigenvalue weighted by atomic mass is 9.82. The molecule has 0 aromatic heterocycles. The number of rotatable bonds is 2. The molecule has 0 aliphatic carbocycles. The van der Waals surface area contributed by atoms with Crippen molar-refractivity contribution in [2.45, 2.75) is 26.8 Å². The second-order valence-corrected chi connectivity index (χ2v) is 4.71. The van der Waals surface area contributed by atoms with Gasteiger partial charge in [0.25, 0.3) is 0 Å². The molecule has 0 amide bonds. The molecule has 0 aliphatic heterocycles. The first kappa shape index (κ1) is 12.0. The highest BCUT2D eigenvalue weighted by atomic mass is 19.1. The van der Waals surface area contributed by atoms with E-state index in [1.54, 1.807) is 12.1 Å². The fourth-order valence-electron chi connectivity index (χ4n) is 1.45. The molecule has 1 aromatic carbocycles. The van der Waals surface area contributed by atoms with Gasteiger partial charge in [0.05, 0.1) is 7.11 Å². The monoisotopic (exact) mass is 211 g/mol. The predicted molar refractivity (Wildman–Crippen MR) is 59.3 cm³/mol. The van der Waals surface area contributed by atoms with Crippen LogP contribution in [0.15, 0.2) is 18.2 Å². The topological polar surface area (TPSA) is 35.2 Å². The minimum Gasteiger partial charge on any atom is -0.493 e. The van der Waals surface area contributed by atoms with Crippen LogP contribution in [0, 0.1) is 11.2 Å². The van der Waals surface area contributed by atoms with Crippen LogP contribution in [0.25, 0.3) is 0 Å². The summed E-state index contributed by atoms with van der Waals surface area (Å²) in [7, 11) is 1.46. The van der Waals surface area contributed by atoms with Crippen LogP contribution in [0.2, 0.25) is 0 Å². The molecule has 0 fully saturated rings. The minimum atomic E-state index is -0.366. The van der Waals surface area contributed by atoms with Crippen molar-refractivity contribution in [2.75, 3.05) is 7.11 Å². The van der Waals surface area contributed by atoms with Gasteiger partial charge in [-0.05, 0) is 11.5 Å². The summed E-state index contributed by atoms with van der Waals surface area (Å²) in [5.41, 5.74) is 6.66. The Morgan fingerprint density at radius 2 is 1.93 bits per heavy atom. The molecule has 0 heterocycles. The molecule has 0 saturated heterocycles. The van der Waals surface area contributed by atoms with Crippen LogP contribution in [0.1, 0.15) is 32.4 Å². The Morgan fingerprint density at radius 3 is 2.40 bits per heavy atom. The van der Waals surface area contributed by atoms with Crippen LogP contribution in [-0.2, 0) is 0 Å². The largest absolute Gasteiger partial charge is 0.493 e. The van der Waals surface area contributed by atoms with E-state index in [2.05, 4.69) is 0 Å². The van der Waals surface area contributed by atoms with Crippen molar-refractivity contribution in [1.82, 2.24) is 0 Å². The van der Waals surface area contributed by atoms with Crippen LogP contribution >= 0.6 is 0 Å². The highest BCUT2D eigenvalue weighted by Crippen LogP contribution is 2.36. The van der Waals surface area contributed by atoms with Gasteiger partial charge in [0.1, 0.15) is 0 Å². The number of benzene rings is 1. The number of halogens is 1. The average molecular weight is 211 g/mol. The molecular weight excluding hydrogens is 193 g/mol. The molecule has 0 unspecified atom stereocenters. The molecule has 15 heavy (non-hydrogen) atoms. The van der Waals surface area contributed by atoms with E-state index in [1.807, 2.05) is 20.8 Å². The smallest absolute Gasteiger partial charge is 0.165 e. The SMILES string of the molecule is COc1c(F)cccc1[C@@H](N)C(C)(C)C. The van der Waals surface area contributed by atoms with Crippen molar-refractivity contribution in [3.05, 3.63) is 29.6 Å². The molecule has 0 saturated carbocycles. The van der Waals surface area contributed by atoms with Gasteiger partial charge in [0.15, 0.2) is 11.6 Å². The van der Waals surface area contributed by atoms with Crippen molar-refractivity contribution in [3.8, 4) is 5.75 Å². The summed E-state index contributed by atoms with van der Waals surface area (Å²) in [6.45, 7) is 6.05. The maximum atomic E-state index is 13.4. The summed E-state index contributed by atoms with van der Waals surface area (Å²) in [5, 5.41) is 0. The van der Waals surface area contributed by atoms with Gasteiger partial charge >= 0.3 is 0 Å². The van der Waals surface area contributed by atoms with E-state index in [0.29, 0.717) is 5.56 Å². The lowest BCUT2D eigenvalue weighted by Gasteiger charge is -2.28. The summed E-state index contributed by atoms with van der Waals surface area (Å²) in [6.07, 6.45) is 0. The molecule has 0 radical (unpaired) electrons. The first-order chi connectivity index (χ1) is 6.88. The summed E-state index contributed by atoms with van der Waals surface area (Å²) in [6, 6.07) is 4.58.